The molecule has 0 spiro atoms. The lowest BCUT2D eigenvalue weighted by atomic mass is 10.2. The molecule has 0 saturated carbocycles. The van der Waals surface area contributed by atoms with Crippen LogP contribution in [-0.2, 0) is 6.54 Å². The van der Waals surface area contributed by atoms with Crippen molar-refractivity contribution in [2.24, 2.45) is 0 Å². The van der Waals surface area contributed by atoms with Crippen LogP contribution in [0.25, 0.3) is 0 Å². The summed E-state index contributed by atoms with van der Waals surface area (Å²) in [7, 11) is 0. The Morgan fingerprint density at radius 1 is 1.62 bits per heavy atom. The summed E-state index contributed by atoms with van der Waals surface area (Å²) < 4.78 is 1.83. The van der Waals surface area contributed by atoms with Gasteiger partial charge in [0.15, 0.2) is 0 Å². The maximum atomic E-state index is 11.7. The third-order valence-corrected chi connectivity index (χ3v) is 3.12. The molecule has 0 saturated heterocycles. The maximum absolute atomic E-state index is 11.7. The fraction of sp³-hybridized carbons (Fsp3) is 0.600. The summed E-state index contributed by atoms with van der Waals surface area (Å²) in [6.45, 7) is 4.38. The zero-order chi connectivity index (χ0) is 12.1. The van der Waals surface area contributed by atoms with E-state index in [1.165, 1.54) is 4.68 Å². The van der Waals surface area contributed by atoms with Crippen molar-refractivity contribution in [3.8, 4) is 0 Å². The number of aromatic nitrogens is 2. The standard InChI is InChI=1S/C10H16BrN3O2/c1-3-7(6-15)13-8-5-12-14(4-2)10(16)9(8)11/h5,7,13,15H,3-4,6H2,1-2H3. The molecular formula is C10H16BrN3O2. The quantitative estimate of drug-likeness (QED) is 0.855. The molecule has 5 nitrogen and oxygen atoms in total. The summed E-state index contributed by atoms with van der Waals surface area (Å²) >= 11 is 3.24. The van der Waals surface area contributed by atoms with Crippen LogP contribution in [0, 0.1) is 0 Å². The Labute approximate surface area is 103 Å². The van der Waals surface area contributed by atoms with Gasteiger partial charge in [0.25, 0.3) is 5.56 Å². The average molecular weight is 290 g/mol. The highest BCUT2D eigenvalue weighted by atomic mass is 79.9. The second kappa shape index (κ2) is 6.00. The number of nitrogens with zero attached hydrogens (tertiary/aromatic N) is 2. The molecule has 2 N–H and O–H groups in total. The van der Waals surface area contributed by atoms with Crippen LogP contribution in [0.1, 0.15) is 20.3 Å². The van der Waals surface area contributed by atoms with Crippen molar-refractivity contribution < 1.29 is 5.11 Å². The van der Waals surface area contributed by atoms with Gasteiger partial charge in [-0.05, 0) is 29.3 Å². The van der Waals surface area contributed by atoms with E-state index in [0.29, 0.717) is 16.7 Å². The van der Waals surface area contributed by atoms with Crippen LogP contribution in [0.4, 0.5) is 5.69 Å². The van der Waals surface area contributed by atoms with Crippen LogP contribution in [0.2, 0.25) is 0 Å². The number of hydrogen-bond donors (Lipinski definition) is 2. The van der Waals surface area contributed by atoms with Gasteiger partial charge in [-0.3, -0.25) is 4.79 Å². The van der Waals surface area contributed by atoms with E-state index in [1.54, 1.807) is 6.20 Å². The highest BCUT2D eigenvalue weighted by molar-refractivity contribution is 9.10. The highest BCUT2D eigenvalue weighted by Gasteiger charge is 2.11. The molecule has 1 unspecified atom stereocenters. The largest absolute Gasteiger partial charge is 0.394 e. The number of aliphatic hydroxyl groups excluding tert-OH is 1. The van der Waals surface area contributed by atoms with Crippen molar-refractivity contribution in [2.75, 3.05) is 11.9 Å². The summed E-state index contributed by atoms with van der Waals surface area (Å²) in [5.41, 5.74) is 0.455. The molecule has 0 aliphatic heterocycles. The molecule has 1 aromatic rings. The molecule has 0 fully saturated rings. The Morgan fingerprint density at radius 3 is 2.81 bits per heavy atom. The second-order valence-electron chi connectivity index (χ2n) is 3.43. The topological polar surface area (TPSA) is 67.2 Å². The van der Waals surface area contributed by atoms with Crippen molar-refractivity contribution in [1.82, 2.24) is 9.78 Å². The molecule has 1 atom stereocenters. The summed E-state index contributed by atoms with van der Waals surface area (Å²) in [5, 5.41) is 16.1. The van der Waals surface area contributed by atoms with E-state index in [1.807, 2.05) is 13.8 Å². The monoisotopic (exact) mass is 289 g/mol. The lowest BCUT2D eigenvalue weighted by Crippen LogP contribution is -2.27. The van der Waals surface area contributed by atoms with E-state index in [9.17, 15) is 4.79 Å². The number of halogens is 1. The molecule has 6 heteroatoms. The Hall–Kier alpha value is -0.880. The fourth-order valence-electron chi connectivity index (χ4n) is 1.29. The first-order valence-corrected chi connectivity index (χ1v) is 6.06. The van der Waals surface area contributed by atoms with E-state index in [2.05, 4.69) is 26.3 Å². The minimum absolute atomic E-state index is 0.0276. The number of nitrogens with one attached hydrogen (secondary N) is 1. The molecule has 16 heavy (non-hydrogen) atoms. The van der Waals surface area contributed by atoms with Crippen LogP contribution < -0.4 is 10.9 Å². The molecule has 1 heterocycles. The van der Waals surface area contributed by atoms with E-state index in [0.717, 1.165) is 6.42 Å². The number of rotatable bonds is 5. The van der Waals surface area contributed by atoms with Crippen LogP contribution in [0.15, 0.2) is 15.5 Å². The Bertz CT molecular complexity index is 402. The summed E-state index contributed by atoms with van der Waals surface area (Å²) in [5.74, 6) is 0. The van der Waals surface area contributed by atoms with Crippen molar-refractivity contribution in [3.05, 3.63) is 21.0 Å². The molecule has 0 aliphatic rings. The van der Waals surface area contributed by atoms with Crippen molar-refractivity contribution in [1.29, 1.82) is 0 Å². The normalized spacial score (nSPS) is 12.5. The van der Waals surface area contributed by atoms with Gasteiger partial charge >= 0.3 is 0 Å². The Morgan fingerprint density at radius 2 is 2.31 bits per heavy atom. The van der Waals surface area contributed by atoms with Crippen molar-refractivity contribution in [3.63, 3.8) is 0 Å². The minimum atomic E-state index is -0.166. The zero-order valence-electron chi connectivity index (χ0n) is 9.40. The van der Waals surface area contributed by atoms with Gasteiger partial charge in [0.05, 0.1) is 18.5 Å². The van der Waals surface area contributed by atoms with E-state index in [4.69, 9.17) is 5.11 Å². The smallest absolute Gasteiger partial charge is 0.283 e. The van der Waals surface area contributed by atoms with E-state index >= 15 is 0 Å². The van der Waals surface area contributed by atoms with Gasteiger partial charge in [-0.1, -0.05) is 6.92 Å². The van der Waals surface area contributed by atoms with Gasteiger partial charge in [0.2, 0.25) is 0 Å². The van der Waals surface area contributed by atoms with Crippen LogP contribution in [-0.4, -0.2) is 27.5 Å². The van der Waals surface area contributed by atoms with Gasteiger partial charge in [-0.15, -0.1) is 0 Å². The fourth-order valence-corrected chi connectivity index (χ4v) is 1.71. The van der Waals surface area contributed by atoms with Crippen LogP contribution in [0.3, 0.4) is 0 Å². The van der Waals surface area contributed by atoms with Gasteiger partial charge in [0, 0.05) is 12.6 Å². The molecule has 0 aliphatic carbocycles. The lowest BCUT2D eigenvalue weighted by molar-refractivity contribution is 0.271. The van der Waals surface area contributed by atoms with E-state index < -0.39 is 0 Å². The lowest BCUT2D eigenvalue weighted by Gasteiger charge is -2.16. The van der Waals surface area contributed by atoms with Gasteiger partial charge in [-0.25, -0.2) is 4.68 Å². The number of anilines is 1. The predicted molar refractivity (Wildman–Crippen MR) is 66.7 cm³/mol. The highest BCUT2D eigenvalue weighted by Crippen LogP contribution is 2.17. The van der Waals surface area contributed by atoms with Crippen molar-refractivity contribution in [2.45, 2.75) is 32.9 Å². The minimum Gasteiger partial charge on any atom is -0.394 e. The molecule has 0 radical (unpaired) electrons. The van der Waals surface area contributed by atoms with Crippen LogP contribution >= 0.6 is 15.9 Å². The zero-order valence-corrected chi connectivity index (χ0v) is 11.0. The van der Waals surface area contributed by atoms with Gasteiger partial charge < -0.3 is 10.4 Å². The number of aryl methyl sites for hydroxylation is 1. The SMILES string of the molecule is CCC(CO)Nc1cnn(CC)c(=O)c1Br. The maximum Gasteiger partial charge on any atom is 0.283 e. The second-order valence-corrected chi connectivity index (χ2v) is 4.22. The molecule has 0 amide bonds. The van der Waals surface area contributed by atoms with Crippen molar-refractivity contribution >= 4 is 21.6 Å². The molecule has 0 aromatic carbocycles. The first-order valence-electron chi connectivity index (χ1n) is 5.27. The van der Waals surface area contributed by atoms with Gasteiger partial charge in [-0.2, -0.15) is 5.10 Å². The third kappa shape index (κ3) is 2.82. The number of hydrogen-bond acceptors (Lipinski definition) is 4. The van der Waals surface area contributed by atoms with Crippen LogP contribution in [0.5, 0.6) is 0 Å². The first kappa shape index (κ1) is 13.2. The Kier molecular flexibility index (Phi) is 4.95. The molecule has 90 valence electrons. The molecular weight excluding hydrogens is 274 g/mol. The summed E-state index contributed by atoms with van der Waals surface area (Å²) in [4.78, 5) is 11.7. The average Bonchev–Trinajstić information content (AvgIpc) is 2.31. The summed E-state index contributed by atoms with van der Waals surface area (Å²) in [6, 6.07) is -0.0602. The third-order valence-electron chi connectivity index (χ3n) is 2.36. The summed E-state index contributed by atoms with van der Waals surface area (Å²) in [6.07, 6.45) is 2.37. The molecule has 1 rings (SSSR count). The number of aliphatic hydroxyl groups is 1. The Balaban J connectivity index is 2.99. The molecule has 1 aromatic heterocycles. The van der Waals surface area contributed by atoms with Gasteiger partial charge in [0.1, 0.15) is 4.47 Å². The molecule has 0 bridgehead atoms. The van der Waals surface area contributed by atoms with E-state index in [-0.39, 0.29) is 18.2 Å². The predicted octanol–water partition coefficient (Wildman–Crippen LogP) is 1.21. The first-order chi connectivity index (χ1) is 7.63.